The summed E-state index contributed by atoms with van der Waals surface area (Å²) in [6, 6.07) is 12.8. The highest BCUT2D eigenvalue weighted by atomic mass is 16.6. The van der Waals surface area contributed by atoms with Crippen LogP contribution in [0.15, 0.2) is 42.6 Å². The molecular formula is C23H27N3O2. The van der Waals surface area contributed by atoms with E-state index in [1.807, 2.05) is 27.0 Å². The summed E-state index contributed by atoms with van der Waals surface area (Å²) in [5, 5.41) is 2.44. The highest BCUT2D eigenvalue weighted by molar-refractivity contribution is 5.87. The van der Waals surface area contributed by atoms with Crippen LogP contribution >= 0.6 is 0 Å². The van der Waals surface area contributed by atoms with Crippen molar-refractivity contribution in [1.82, 2.24) is 14.9 Å². The molecule has 0 spiro atoms. The molecule has 1 atom stereocenters. The molecular weight excluding hydrogens is 350 g/mol. The van der Waals surface area contributed by atoms with Gasteiger partial charge in [-0.2, -0.15) is 0 Å². The number of carbonyl (C=O) groups is 1. The van der Waals surface area contributed by atoms with Gasteiger partial charge >= 0.3 is 6.09 Å². The van der Waals surface area contributed by atoms with E-state index in [9.17, 15) is 4.79 Å². The maximum absolute atomic E-state index is 12.6. The minimum atomic E-state index is -0.498. The summed E-state index contributed by atoms with van der Waals surface area (Å²) in [6.07, 6.45) is 3.43. The number of aromatic nitrogens is 2. The Morgan fingerprint density at radius 3 is 2.71 bits per heavy atom. The molecule has 2 aromatic carbocycles. The molecule has 1 saturated heterocycles. The molecule has 1 amide bonds. The number of carbonyl (C=O) groups excluding carboxylic acids is 1. The molecule has 0 radical (unpaired) electrons. The number of nitrogens with one attached hydrogen (secondary N) is 1. The van der Waals surface area contributed by atoms with Gasteiger partial charge in [-0.25, -0.2) is 9.78 Å². The summed E-state index contributed by atoms with van der Waals surface area (Å²) in [6.45, 7) is 8.48. The smallest absolute Gasteiger partial charge is 0.410 e. The molecule has 28 heavy (non-hydrogen) atoms. The molecule has 1 aliphatic heterocycles. The number of rotatable bonds is 2. The van der Waals surface area contributed by atoms with Gasteiger partial charge in [0, 0.05) is 12.1 Å². The van der Waals surface area contributed by atoms with E-state index in [2.05, 4.69) is 53.3 Å². The quantitative estimate of drug-likeness (QED) is 0.631. The van der Waals surface area contributed by atoms with Crippen molar-refractivity contribution in [3.05, 3.63) is 54.0 Å². The monoisotopic (exact) mass is 377 g/mol. The van der Waals surface area contributed by atoms with Gasteiger partial charge in [0.25, 0.3) is 0 Å². The fourth-order valence-electron chi connectivity index (χ4n) is 3.78. The summed E-state index contributed by atoms with van der Waals surface area (Å²) in [5.41, 5.74) is 2.82. The van der Waals surface area contributed by atoms with Crippen LogP contribution in [-0.4, -0.2) is 33.1 Å². The molecule has 5 nitrogen and oxygen atoms in total. The van der Waals surface area contributed by atoms with Gasteiger partial charge in [0.1, 0.15) is 11.4 Å². The van der Waals surface area contributed by atoms with Crippen LogP contribution in [0.3, 0.4) is 0 Å². The third-order valence-corrected chi connectivity index (χ3v) is 5.10. The lowest BCUT2D eigenvalue weighted by Crippen LogP contribution is -2.36. The van der Waals surface area contributed by atoms with Crippen LogP contribution in [0.25, 0.3) is 22.0 Å². The van der Waals surface area contributed by atoms with Crippen molar-refractivity contribution in [1.29, 1.82) is 0 Å². The van der Waals surface area contributed by atoms with Gasteiger partial charge in [0.15, 0.2) is 0 Å². The van der Waals surface area contributed by atoms with Gasteiger partial charge in [-0.3, -0.25) is 4.90 Å². The zero-order valence-electron chi connectivity index (χ0n) is 17.0. The van der Waals surface area contributed by atoms with Crippen LogP contribution in [0.4, 0.5) is 4.79 Å². The number of nitrogens with zero attached hydrogens (tertiary/aromatic N) is 2. The van der Waals surface area contributed by atoms with Crippen LogP contribution in [-0.2, 0) is 4.74 Å². The van der Waals surface area contributed by atoms with E-state index >= 15 is 0 Å². The lowest BCUT2D eigenvalue weighted by atomic mass is 10.0. The summed E-state index contributed by atoms with van der Waals surface area (Å²) >= 11 is 0. The third kappa shape index (κ3) is 3.75. The number of H-pyrrole nitrogens is 1. The first-order chi connectivity index (χ1) is 13.3. The van der Waals surface area contributed by atoms with Crippen LogP contribution < -0.4 is 0 Å². The number of fused-ring (bicyclic) bond motifs is 1. The number of benzene rings is 2. The average Bonchev–Trinajstić information content (AvgIpc) is 3.29. The summed E-state index contributed by atoms with van der Waals surface area (Å²) < 4.78 is 5.57. The first-order valence-corrected chi connectivity index (χ1v) is 9.85. The van der Waals surface area contributed by atoms with E-state index in [1.165, 1.54) is 16.3 Å². The Morgan fingerprint density at radius 1 is 1.18 bits per heavy atom. The summed E-state index contributed by atoms with van der Waals surface area (Å²) in [4.78, 5) is 22.4. The van der Waals surface area contributed by atoms with Crippen molar-refractivity contribution in [3.63, 3.8) is 0 Å². The molecule has 1 aromatic heterocycles. The van der Waals surface area contributed by atoms with Crippen LogP contribution in [0.1, 0.15) is 51.0 Å². The van der Waals surface area contributed by atoms with Gasteiger partial charge in [-0.1, -0.05) is 35.9 Å². The number of likely N-dealkylation sites (tertiary alicyclic amines) is 1. The van der Waals surface area contributed by atoms with Crippen molar-refractivity contribution in [2.45, 2.75) is 52.2 Å². The molecule has 3 aromatic rings. The predicted octanol–water partition coefficient (Wildman–Crippen LogP) is 5.61. The molecule has 146 valence electrons. The topological polar surface area (TPSA) is 58.2 Å². The zero-order chi connectivity index (χ0) is 19.9. The molecule has 1 N–H and O–H groups in total. The SMILES string of the molecule is Cc1ccc2cc(-c3cnc([C@@H]4CCCN4C(=O)OC(C)(C)C)[nH]3)ccc2c1. The second kappa shape index (κ2) is 6.97. The molecule has 0 saturated carbocycles. The van der Waals surface area contributed by atoms with E-state index in [4.69, 9.17) is 4.74 Å². The Morgan fingerprint density at radius 2 is 1.93 bits per heavy atom. The number of ether oxygens (including phenoxy) is 1. The first kappa shape index (κ1) is 18.5. The second-order valence-electron chi connectivity index (χ2n) is 8.58. The number of aromatic amines is 1. The Bertz CT molecular complexity index is 1020. The number of imidazole rings is 1. The summed E-state index contributed by atoms with van der Waals surface area (Å²) in [5.74, 6) is 0.822. The Kier molecular flexibility index (Phi) is 4.61. The minimum Gasteiger partial charge on any atom is -0.444 e. The predicted molar refractivity (Wildman–Crippen MR) is 111 cm³/mol. The second-order valence-corrected chi connectivity index (χ2v) is 8.58. The number of aryl methyl sites for hydroxylation is 1. The average molecular weight is 377 g/mol. The van der Waals surface area contributed by atoms with E-state index in [-0.39, 0.29) is 12.1 Å². The largest absolute Gasteiger partial charge is 0.444 e. The summed E-state index contributed by atoms with van der Waals surface area (Å²) in [7, 11) is 0. The van der Waals surface area contributed by atoms with Gasteiger partial charge in [-0.05, 0) is 57.4 Å². The lowest BCUT2D eigenvalue weighted by molar-refractivity contribution is 0.0219. The number of hydrogen-bond acceptors (Lipinski definition) is 3. The van der Waals surface area contributed by atoms with E-state index in [1.54, 1.807) is 4.90 Å². The Balaban J connectivity index is 1.58. The molecule has 0 aliphatic carbocycles. The molecule has 1 aliphatic rings. The van der Waals surface area contributed by atoms with Gasteiger partial charge in [-0.15, -0.1) is 0 Å². The first-order valence-electron chi connectivity index (χ1n) is 9.85. The van der Waals surface area contributed by atoms with Crippen LogP contribution in [0.2, 0.25) is 0 Å². The van der Waals surface area contributed by atoms with Gasteiger partial charge < -0.3 is 9.72 Å². The Labute approximate surface area is 165 Å². The zero-order valence-corrected chi connectivity index (χ0v) is 17.0. The maximum Gasteiger partial charge on any atom is 0.410 e. The number of amides is 1. The van der Waals surface area contributed by atoms with Crippen molar-refractivity contribution >= 4 is 16.9 Å². The molecule has 4 rings (SSSR count). The van der Waals surface area contributed by atoms with Crippen LogP contribution in [0, 0.1) is 6.92 Å². The van der Waals surface area contributed by atoms with Crippen LogP contribution in [0.5, 0.6) is 0 Å². The molecule has 2 heterocycles. The highest BCUT2D eigenvalue weighted by Crippen LogP contribution is 2.33. The standard InChI is InChI=1S/C23H27N3O2/c1-15-7-8-17-13-18(10-9-16(17)12-15)19-14-24-21(25-19)20-6-5-11-26(20)22(27)28-23(2,3)4/h7-10,12-14,20H,5-6,11H2,1-4H3,(H,24,25)/t20-/m0/s1. The molecule has 1 fully saturated rings. The van der Waals surface area contributed by atoms with Crippen molar-refractivity contribution in [2.75, 3.05) is 6.54 Å². The van der Waals surface area contributed by atoms with E-state index in [0.717, 1.165) is 29.9 Å². The van der Waals surface area contributed by atoms with E-state index in [0.29, 0.717) is 6.54 Å². The number of hydrogen-bond donors (Lipinski definition) is 1. The third-order valence-electron chi connectivity index (χ3n) is 5.10. The van der Waals surface area contributed by atoms with Gasteiger partial charge in [0.2, 0.25) is 0 Å². The normalized spacial score (nSPS) is 17.3. The Hall–Kier alpha value is -2.82. The highest BCUT2D eigenvalue weighted by Gasteiger charge is 2.34. The molecule has 5 heteroatoms. The van der Waals surface area contributed by atoms with E-state index < -0.39 is 5.60 Å². The van der Waals surface area contributed by atoms with Crippen molar-refractivity contribution in [2.24, 2.45) is 0 Å². The minimum absolute atomic E-state index is 0.0632. The molecule has 0 unspecified atom stereocenters. The fraction of sp³-hybridized carbons (Fsp3) is 0.391. The fourth-order valence-corrected chi connectivity index (χ4v) is 3.78. The molecule has 0 bridgehead atoms. The van der Waals surface area contributed by atoms with Crippen molar-refractivity contribution in [3.8, 4) is 11.3 Å². The lowest BCUT2D eigenvalue weighted by Gasteiger charge is -2.27. The van der Waals surface area contributed by atoms with Crippen molar-refractivity contribution < 1.29 is 9.53 Å². The maximum atomic E-state index is 12.6. The van der Waals surface area contributed by atoms with Gasteiger partial charge in [0.05, 0.1) is 17.9 Å².